The lowest BCUT2D eigenvalue weighted by atomic mass is 10.1. The van der Waals surface area contributed by atoms with Crippen molar-refractivity contribution in [2.45, 2.75) is 19.4 Å². The Kier molecular flexibility index (Phi) is 4.98. The number of pyridine rings is 1. The maximum absolute atomic E-state index is 9.53. The van der Waals surface area contributed by atoms with Crippen molar-refractivity contribution in [3.8, 4) is 0 Å². The molecule has 0 fully saturated rings. The molecule has 1 aromatic carbocycles. The van der Waals surface area contributed by atoms with E-state index in [4.69, 9.17) is 5.73 Å². The average Bonchev–Trinajstić information content (AvgIpc) is 2.48. The van der Waals surface area contributed by atoms with Crippen LogP contribution in [0.5, 0.6) is 0 Å². The second kappa shape index (κ2) is 6.72. The van der Waals surface area contributed by atoms with Crippen molar-refractivity contribution in [2.75, 3.05) is 17.7 Å². The molecule has 1 heterocycles. The summed E-state index contributed by atoms with van der Waals surface area (Å²) in [6, 6.07) is 9.95. The number of hydrogen-bond acceptors (Lipinski definition) is 4. The molecule has 2 rings (SSSR count). The minimum Gasteiger partial charge on any atom is -0.397 e. The molecule has 0 aliphatic heterocycles. The van der Waals surface area contributed by atoms with Crippen LogP contribution in [0.25, 0.3) is 0 Å². The highest BCUT2D eigenvalue weighted by atomic mass is 79.9. The summed E-state index contributed by atoms with van der Waals surface area (Å²) in [6.07, 6.45) is 2.36. The number of nitrogens with two attached hydrogens (primary N) is 1. The number of aliphatic hydroxyl groups is 1. The standard InChI is InChI=1S/C15H18BrN3O/c1-10-13(17)8-18-15(14(10)16)19-12(9-20)7-11-5-3-2-4-6-11/h2-6,8,12,20H,7,9,17H2,1H3,(H,18,19). The first kappa shape index (κ1) is 14.8. The van der Waals surface area contributed by atoms with Crippen LogP contribution in [0.1, 0.15) is 11.1 Å². The molecule has 5 heteroatoms. The van der Waals surface area contributed by atoms with Gasteiger partial charge in [0.15, 0.2) is 0 Å². The normalized spacial score (nSPS) is 12.2. The minimum atomic E-state index is -0.0933. The number of nitrogen functional groups attached to an aromatic ring is 1. The first-order valence-corrected chi connectivity index (χ1v) is 7.23. The van der Waals surface area contributed by atoms with Gasteiger partial charge >= 0.3 is 0 Å². The predicted molar refractivity (Wildman–Crippen MR) is 85.7 cm³/mol. The Hall–Kier alpha value is -1.59. The molecular formula is C15H18BrN3O. The molecule has 0 saturated carbocycles. The maximum Gasteiger partial charge on any atom is 0.141 e. The van der Waals surface area contributed by atoms with Crippen molar-refractivity contribution in [2.24, 2.45) is 0 Å². The molecule has 0 amide bonds. The van der Waals surface area contributed by atoms with Crippen LogP contribution in [0, 0.1) is 6.92 Å². The van der Waals surface area contributed by atoms with Crippen molar-refractivity contribution in [3.63, 3.8) is 0 Å². The third kappa shape index (κ3) is 3.49. The van der Waals surface area contributed by atoms with Crippen LogP contribution in [-0.4, -0.2) is 22.7 Å². The van der Waals surface area contributed by atoms with Crippen LogP contribution in [0.4, 0.5) is 11.5 Å². The Morgan fingerprint density at radius 1 is 1.35 bits per heavy atom. The van der Waals surface area contributed by atoms with Crippen LogP contribution in [0.2, 0.25) is 0 Å². The molecule has 0 bridgehead atoms. The highest BCUT2D eigenvalue weighted by molar-refractivity contribution is 9.10. The van der Waals surface area contributed by atoms with Gasteiger partial charge in [0, 0.05) is 0 Å². The van der Waals surface area contributed by atoms with Gasteiger partial charge in [0.1, 0.15) is 5.82 Å². The smallest absolute Gasteiger partial charge is 0.141 e. The van der Waals surface area contributed by atoms with E-state index in [2.05, 4.69) is 26.2 Å². The van der Waals surface area contributed by atoms with Gasteiger partial charge in [-0.05, 0) is 40.4 Å². The lowest BCUT2D eigenvalue weighted by Crippen LogP contribution is -2.27. The third-order valence-electron chi connectivity index (χ3n) is 3.19. The number of aliphatic hydroxyl groups excluding tert-OH is 1. The Morgan fingerprint density at radius 2 is 2.05 bits per heavy atom. The summed E-state index contributed by atoms with van der Waals surface area (Å²) in [5.74, 6) is 0.701. The van der Waals surface area contributed by atoms with E-state index < -0.39 is 0 Å². The van der Waals surface area contributed by atoms with Crippen molar-refractivity contribution in [1.29, 1.82) is 0 Å². The van der Waals surface area contributed by atoms with Gasteiger partial charge in [0.05, 0.1) is 29.0 Å². The van der Waals surface area contributed by atoms with E-state index in [1.54, 1.807) is 6.20 Å². The molecule has 2 aromatic rings. The summed E-state index contributed by atoms with van der Waals surface area (Å²) in [4.78, 5) is 4.27. The Morgan fingerprint density at radius 3 is 2.70 bits per heavy atom. The largest absolute Gasteiger partial charge is 0.397 e. The quantitative estimate of drug-likeness (QED) is 0.785. The van der Waals surface area contributed by atoms with Crippen LogP contribution < -0.4 is 11.1 Å². The van der Waals surface area contributed by atoms with Gasteiger partial charge in [0.25, 0.3) is 0 Å². The van der Waals surface area contributed by atoms with E-state index in [9.17, 15) is 5.11 Å². The van der Waals surface area contributed by atoms with E-state index in [1.807, 2.05) is 37.3 Å². The van der Waals surface area contributed by atoms with E-state index in [0.717, 1.165) is 16.5 Å². The molecule has 0 aliphatic rings. The van der Waals surface area contributed by atoms with Crippen LogP contribution in [0.3, 0.4) is 0 Å². The summed E-state index contributed by atoms with van der Waals surface area (Å²) in [6.45, 7) is 1.96. The molecule has 4 nitrogen and oxygen atoms in total. The number of anilines is 2. The van der Waals surface area contributed by atoms with Gasteiger partial charge in [-0.15, -0.1) is 0 Å². The van der Waals surface area contributed by atoms with Gasteiger partial charge in [-0.2, -0.15) is 0 Å². The van der Waals surface area contributed by atoms with Crippen LogP contribution in [0.15, 0.2) is 41.0 Å². The molecule has 1 atom stereocenters. The number of rotatable bonds is 5. The molecule has 0 radical (unpaired) electrons. The van der Waals surface area contributed by atoms with E-state index in [1.165, 1.54) is 5.56 Å². The second-order valence-electron chi connectivity index (χ2n) is 4.71. The number of nitrogens with zero attached hydrogens (tertiary/aromatic N) is 1. The number of hydrogen-bond donors (Lipinski definition) is 3. The van der Waals surface area contributed by atoms with Crippen molar-refractivity contribution >= 4 is 27.4 Å². The van der Waals surface area contributed by atoms with Gasteiger partial charge in [-0.1, -0.05) is 30.3 Å². The SMILES string of the molecule is Cc1c(N)cnc(NC(CO)Cc2ccccc2)c1Br. The fourth-order valence-electron chi connectivity index (χ4n) is 1.95. The topological polar surface area (TPSA) is 71.2 Å². The van der Waals surface area contributed by atoms with Crippen LogP contribution in [-0.2, 0) is 6.42 Å². The Balaban J connectivity index is 2.13. The minimum absolute atomic E-state index is 0.0342. The summed E-state index contributed by atoms with van der Waals surface area (Å²) in [7, 11) is 0. The van der Waals surface area contributed by atoms with E-state index in [0.29, 0.717) is 11.5 Å². The predicted octanol–water partition coefficient (Wildman–Crippen LogP) is 2.75. The molecule has 1 unspecified atom stereocenters. The monoisotopic (exact) mass is 335 g/mol. The zero-order chi connectivity index (χ0) is 14.5. The highest BCUT2D eigenvalue weighted by Crippen LogP contribution is 2.28. The fraction of sp³-hybridized carbons (Fsp3) is 0.267. The summed E-state index contributed by atoms with van der Waals surface area (Å²) < 4.78 is 0.837. The number of aromatic nitrogens is 1. The maximum atomic E-state index is 9.53. The van der Waals surface area contributed by atoms with Crippen LogP contribution >= 0.6 is 15.9 Å². The lowest BCUT2D eigenvalue weighted by Gasteiger charge is -2.19. The molecule has 0 aliphatic carbocycles. The second-order valence-corrected chi connectivity index (χ2v) is 5.51. The number of nitrogens with one attached hydrogen (secondary N) is 1. The number of benzene rings is 1. The Bertz CT molecular complexity index is 575. The average molecular weight is 336 g/mol. The molecule has 0 saturated heterocycles. The first-order valence-electron chi connectivity index (χ1n) is 6.43. The number of halogens is 1. The highest BCUT2D eigenvalue weighted by Gasteiger charge is 2.13. The molecule has 0 spiro atoms. The first-order chi connectivity index (χ1) is 9.61. The fourth-order valence-corrected chi connectivity index (χ4v) is 2.39. The molecular weight excluding hydrogens is 318 g/mol. The van der Waals surface area contributed by atoms with E-state index >= 15 is 0 Å². The Labute approximate surface area is 127 Å². The van der Waals surface area contributed by atoms with Crippen molar-refractivity contribution in [3.05, 3.63) is 52.1 Å². The van der Waals surface area contributed by atoms with Gasteiger partial charge in [-0.25, -0.2) is 4.98 Å². The zero-order valence-corrected chi connectivity index (χ0v) is 12.9. The summed E-state index contributed by atoms with van der Waals surface area (Å²) in [5, 5.41) is 12.8. The van der Waals surface area contributed by atoms with E-state index in [-0.39, 0.29) is 12.6 Å². The molecule has 1 aromatic heterocycles. The van der Waals surface area contributed by atoms with Gasteiger partial charge in [0.2, 0.25) is 0 Å². The molecule has 20 heavy (non-hydrogen) atoms. The molecule has 106 valence electrons. The van der Waals surface area contributed by atoms with Crippen molar-refractivity contribution in [1.82, 2.24) is 4.98 Å². The summed E-state index contributed by atoms with van der Waals surface area (Å²) >= 11 is 3.49. The molecule has 4 N–H and O–H groups in total. The van der Waals surface area contributed by atoms with Crippen molar-refractivity contribution < 1.29 is 5.11 Å². The van der Waals surface area contributed by atoms with Gasteiger partial charge < -0.3 is 16.2 Å². The van der Waals surface area contributed by atoms with Gasteiger partial charge in [-0.3, -0.25) is 0 Å². The summed E-state index contributed by atoms with van der Waals surface area (Å²) in [5.41, 5.74) is 8.56. The lowest BCUT2D eigenvalue weighted by molar-refractivity contribution is 0.273. The zero-order valence-electron chi connectivity index (χ0n) is 11.3. The third-order valence-corrected chi connectivity index (χ3v) is 4.16.